The number of halogens is 1. The molecule has 0 N–H and O–H groups in total. The lowest BCUT2D eigenvalue weighted by molar-refractivity contribution is -0.00000463. The van der Waals surface area contributed by atoms with Gasteiger partial charge in [0.2, 0.25) is 0 Å². The maximum Gasteiger partial charge on any atom is 0.0233 e. The lowest BCUT2D eigenvalue weighted by Gasteiger charge is -2.45. The molecule has 23 heavy (non-hydrogen) atoms. The monoisotopic (exact) mass is 326 g/mol. The summed E-state index contributed by atoms with van der Waals surface area (Å²) in [6.07, 6.45) is 6.71. The molecule has 1 heterocycles. The van der Waals surface area contributed by atoms with Crippen LogP contribution in [-0.2, 0) is 18.4 Å². The molecule has 0 amide bonds. The van der Waals surface area contributed by atoms with E-state index in [0.29, 0.717) is 5.41 Å². The molecule has 4 rings (SSSR count). The summed E-state index contributed by atoms with van der Waals surface area (Å²) in [6, 6.07) is 20.1. The number of benzene rings is 2. The first-order valence-corrected chi connectivity index (χ1v) is 8.70. The number of likely N-dealkylation sites (tertiary alicyclic amines) is 1. The van der Waals surface area contributed by atoms with Gasteiger partial charge in [0.1, 0.15) is 0 Å². The molecule has 122 valence electrons. The summed E-state index contributed by atoms with van der Waals surface area (Å²) in [6.45, 7) is 3.59. The first kappa shape index (κ1) is 16.5. The van der Waals surface area contributed by atoms with Crippen molar-refractivity contribution >= 4 is 0 Å². The van der Waals surface area contributed by atoms with Crippen LogP contribution in [0, 0.1) is 0 Å². The molecule has 0 radical (unpaired) electrons. The van der Waals surface area contributed by atoms with Crippen LogP contribution in [0.2, 0.25) is 0 Å². The highest BCUT2D eigenvalue weighted by molar-refractivity contribution is 5.37. The second kappa shape index (κ2) is 7.07. The molecule has 1 saturated heterocycles. The minimum Gasteiger partial charge on any atom is -1.00 e. The van der Waals surface area contributed by atoms with Gasteiger partial charge < -0.3 is 12.4 Å². The van der Waals surface area contributed by atoms with Crippen molar-refractivity contribution in [3.63, 3.8) is 0 Å². The third-order valence-corrected chi connectivity index (χ3v) is 5.75. The van der Waals surface area contributed by atoms with Crippen molar-refractivity contribution in [3.05, 3.63) is 71.3 Å². The molecule has 0 bridgehead atoms. The lowest BCUT2D eigenvalue weighted by atomic mass is 9.65. The highest BCUT2D eigenvalue weighted by Gasteiger charge is 2.38. The maximum atomic E-state index is 2.64. The first-order chi connectivity index (χ1) is 10.9. The fourth-order valence-corrected chi connectivity index (χ4v) is 4.51. The molecular weight excluding hydrogens is 302 g/mol. The Morgan fingerprint density at radius 2 is 1.52 bits per heavy atom. The molecule has 0 aromatic heterocycles. The smallest absolute Gasteiger partial charge is 0.0233 e. The van der Waals surface area contributed by atoms with Crippen LogP contribution >= 0.6 is 0 Å². The third-order valence-electron chi connectivity index (χ3n) is 5.75. The largest absolute Gasteiger partial charge is 1.00 e. The Morgan fingerprint density at radius 3 is 2.30 bits per heavy atom. The quantitative estimate of drug-likeness (QED) is 0.809. The minimum atomic E-state index is 0. The van der Waals surface area contributed by atoms with Gasteiger partial charge in [-0.3, -0.25) is 4.90 Å². The molecule has 0 atom stereocenters. The van der Waals surface area contributed by atoms with Crippen molar-refractivity contribution in [2.24, 2.45) is 0 Å². The van der Waals surface area contributed by atoms with Crippen molar-refractivity contribution in [2.45, 2.75) is 44.1 Å². The van der Waals surface area contributed by atoms with Gasteiger partial charge in [-0.2, -0.15) is 0 Å². The molecule has 2 heteroatoms. The molecule has 1 aliphatic heterocycles. The van der Waals surface area contributed by atoms with Crippen LogP contribution in [0.25, 0.3) is 0 Å². The van der Waals surface area contributed by atoms with Crippen molar-refractivity contribution in [1.82, 2.24) is 4.90 Å². The number of hydrogen-bond acceptors (Lipinski definition) is 1. The standard InChI is InChI=1S/C21H25N.ClH/c1-2-7-18(8-3-1)17-22-15-13-21(14-16-22)12-6-10-19-9-4-5-11-20(19)21;/h1-5,7-9,11H,6,10,12-17H2;1H/p-1. The van der Waals surface area contributed by atoms with E-state index in [2.05, 4.69) is 59.5 Å². The fraction of sp³-hybridized carbons (Fsp3) is 0.429. The molecular formula is C21H25ClN-. The van der Waals surface area contributed by atoms with Gasteiger partial charge in [-0.25, -0.2) is 0 Å². The van der Waals surface area contributed by atoms with Gasteiger partial charge in [0.15, 0.2) is 0 Å². The number of aryl methyl sites for hydroxylation is 1. The van der Waals surface area contributed by atoms with E-state index in [4.69, 9.17) is 0 Å². The van der Waals surface area contributed by atoms with Gasteiger partial charge in [-0.1, -0.05) is 54.6 Å². The second-order valence-corrected chi connectivity index (χ2v) is 7.05. The zero-order valence-corrected chi connectivity index (χ0v) is 14.4. The zero-order chi connectivity index (χ0) is 14.8. The molecule has 2 aromatic rings. The molecule has 2 aromatic carbocycles. The average Bonchev–Trinajstić information content (AvgIpc) is 2.59. The van der Waals surface area contributed by atoms with Crippen LogP contribution in [-0.4, -0.2) is 18.0 Å². The highest BCUT2D eigenvalue weighted by atomic mass is 35.5. The first-order valence-electron chi connectivity index (χ1n) is 8.70. The van der Waals surface area contributed by atoms with Gasteiger partial charge in [-0.05, 0) is 67.3 Å². The van der Waals surface area contributed by atoms with E-state index in [1.807, 2.05) is 0 Å². The van der Waals surface area contributed by atoms with Gasteiger partial charge in [-0.15, -0.1) is 0 Å². The Labute approximate surface area is 146 Å². The SMILES string of the molecule is [Cl-].c1ccc(CN2CCC3(CCCc4ccccc43)CC2)cc1. The lowest BCUT2D eigenvalue weighted by Crippen LogP contribution is -3.00. The molecule has 2 aliphatic rings. The Kier molecular flexibility index (Phi) is 5.08. The molecule has 0 saturated carbocycles. The summed E-state index contributed by atoms with van der Waals surface area (Å²) < 4.78 is 0. The minimum absolute atomic E-state index is 0. The zero-order valence-electron chi connectivity index (χ0n) is 13.7. The van der Waals surface area contributed by atoms with Crippen LogP contribution in [0.1, 0.15) is 42.4 Å². The van der Waals surface area contributed by atoms with Gasteiger partial charge in [0, 0.05) is 6.54 Å². The topological polar surface area (TPSA) is 3.24 Å². The van der Waals surface area contributed by atoms with E-state index in [0.717, 1.165) is 6.54 Å². The van der Waals surface area contributed by atoms with E-state index in [9.17, 15) is 0 Å². The molecule has 1 aliphatic carbocycles. The normalized spacial score (nSPS) is 19.8. The maximum absolute atomic E-state index is 2.64. The summed E-state index contributed by atoms with van der Waals surface area (Å²) in [4.78, 5) is 2.64. The van der Waals surface area contributed by atoms with Gasteiger partial charge >= 0.3 is 0 Å². The Hall–Kier alpha value is -1.31. The van der Waals surface area contributed by atoms with E-state index in [-0.39, 0.29) is 12.4 Å². The number of nitrogens with zero attached hydrogens (tertiary/aromatic N) is 1. The number of fused-ring (bicyclic) bond motifs is 2. The third kappa shape index (κ3) is 3.32. The van der Waals surface area contributed by atoms with Crippen LogP contribution in [0.3, 0.4) is 0 Å². The highest BCUT2D eigenvalue weighted by Crippen LogP contribution is 2.44. The summed E-state index contributed by atoms with van der Waals surface area (Å²) >= 11 is 0. The Bertz CT molecular complexity index is 629. The van der Waals surface area contributed by atoms with E-state index in [1.54, 1.807) is 11.1 Å². The van der Waals surface area contributed by atoms with Crippen LogP contribution < -0.4 is 12.4 Å². The number of piperidine rings is 1. The average molecular weight is 327 g/mol. The van der Waals surface area contributed by atoms with Crippen molar-refractivity contribution in [2.75, 3.05) is 13.1 Å². The Balaban J connectivity index is 0.00000156. The van der Waals surface area contributed by atoms with Crippen LogP contribution in [0.4, 0.5) is 0 Å². The summed E-state index contributed by atoms with van der Waals surface area (Å²) in [7, 11) is 0. The van der Waals surface area contributed by atoms with Crippen molar-refractivity contribution in [1.29, 1.82) is 0 Å². The predicted octanol–water partition coefficient (Wildman–Crippen LogP) is 1.56. The number of rotatable bonds is 2. The van der Waals surface area contributed by atoms with E-state index >= 15 is 0 Å². The summed E-state index contributed by atoms with van der Waals surface area (Å²) in [5.74, 6) is 0. The van der Waals surface area contributed by atoms with Crippen LogP contribution in [0.5, 0.6) is 0 Å². The molecule has 1 spiro atoms. The molecule has 1 fully saturated rings. The summed E-state index contributed by atoms with van der Waals surface area (Å²) in [5.41, 5.74) is 5.20. The van der Waals surface area contributed by atoms with Gasteiger partial charge in [0.25, 0.3) is 0 Å². The molecule has 0 unspecified atom stereocenters. The number of hydrogen-bond donors (Lipinski definition) is 0. The summed E-state index contributed by atoms with van der Waals surface area (Å²) in [5, 5.41) is 0. The van der Waals surface area contributed by atoms with E-state index < -0.39 is 0 Å². The van der Waals surface area contributed by atoms with E-state index in [1.165, 1.54) is 50.8 Å². The van der Waals surface area contributed by atoms with Gasteiger partial charge in [0.05, 0.1) is 0 Å². The van der Waals surface area contributed by atoms with Crippen molar-refractivity contribution < 1.29 is 12.4 Å². The second-order valence-electron chi connectivity index (χ2n) is 7.05. The molecule has 1 nitrogen and oxygen atoms in total. The Morgan fingerprint density at radius 1 is 0.826 bits per heavy atom. The predicted molar refractivity (Wildman–Crippen MR) is 92.0 cm³/mol. The van der Waals surface area contributed by atoms with Crippen LogP contribution in [0.15, 0.2) is 54.6 Å². The van der Waals surface area contributed by atoms with Crippen molar-refractivity contribution in [3.8, 4) is 0 Å². The fourth-order valence-electron chi connectivity index (χ4n) is 4.51.